The highest BCUT2D eigenvalue weighted by molar-refractivity contribution is 5.95. The predicted molar refractivity (Wildman–Crippen MR) is 45.9 cm³/mol. The summed E-state index contributed by atoms with van der Waals surface area (Å²) < 4.78 is 0. The summed E-state index contributed by atoms with van der Waals surface area (Å²) in [6.07, 6.45) is 1.30. The van der Waals surface area contributed by atoms with Gasteiger partial charge in [-0.25, -0.2) is 0 Å². The van der Waals surface area contributed by atoms with E-state index in [2.05, 4.69) is 15.5 Å². The number of amides is 1. The number of carbonyl (C=O) groups is 1. The third-order valence-corrected chi connectivity index (χ3v) is 1.52. The molecule has 0 saturated carbocycles. The van der Waals surface area contributed by atoms with Gasteiger partial charge in [0.05, 0.1) is 0 Å². The molecule has 5 heteroatoms. The topological polar surface area (TPSA) is 77.7 Å². The predicted octanol–water partition coefficient (Wildman–Crippen LogP) is 0.939. The molecule has 71 valence electrons. The Kier molecular flexibility index (Phi) is 2.89. The van der Waals surface area contributed by atoms with Crippen molar-refractivity contribution in [2.24, 2.45) is 5.92 Å². The Morgan fingerprint density at radius 1 is 1.69 bits per heavy atom. The number of rotatable bonds is 3. The molecule has 1 radical (unpaired) electrons. The molecule has 0 aliphatic heterocycles. The van der Waals surface area contributed by atoms with Crippen molar-refractivity contribution in [3.8, 4) is 5.88 Å². The second kappa shape index (κ2) is 3.93. The number of hydrogen-bond acceptors (Lipinski definition) is 2. The van der Waals surface area contributed by atoms with E-state index in [-0.39, 0.29) is 11.5 Å². The molecule has 1 aromatic rings. The highest BCUT2D eigenvalue weighted by Gasteiger charge is 2.14. The van der Waals surface area contributed by atoms with Gasteiger partial charge in [0.25, 0.3) is 5.91 Å². The van der Waals surface area contributed by atoms with E-state index in [1.54, 1.807) is 0 Å². The molecule has 5 nitrogen and oxygen atoms in total. The molecule has 0 aliphatic rings. The van der Waals surface area contributed by atoms with Gasteiger partial charge in [0.2, 0.25) is 0 Å². The summed E-state index contributed by atoms with van der Waals surface area (Å²) in [6.45, 7) is 4.52. The first-order chi connectivity index (χ1) is 6.11. The monoisotopic (exact) mass is 182 g/mol. The van der Waals surface area contributed by atoms with Crippen LogP contribution in [-0.4, -0.2) is 22.6 Å². The standard InChI is InChI=1S/C8H12N3O2/c1-5(2)3-9-7(12)6-4-10-11-8(6)13/h4-5H,3H2,1-2H3,(H,9,12)(H,10,11). The second-order valence-electron chi connectivity index (χ2n) is 3.21. The molecule has 0 atom stereocenters. The summed E-state index contributed by atoms with van der Waals surface area (Å²) in [5.41, 5.74) is 0.0700. The van der Waals surface area contributed by atoms with Crippen LogP contribution in [0.2, 0.25) is 0 Å². The van der Waals surface area contributed by atoms with Gasteiger partial charge in [0.15, 0.2) is 0 Å². The van der Waals surface area contributed by atoms with Crippen LogP contribution < -0.4 is 5.32 Å². The lowest BCUT2D eigenvalue weighted by atomic mass is 10.2. The molecule has 1 aromatic heterocycles. The molecule has 0 saturated heterocycles. The van der Waals surface area contributed by atoms with Crippen molar-refractivity contribution in [1.29, 1.82) is 0 Å². The minimum Gasteiger partial charge on any atom is -0.352 e. The third kappa shape index (κ3) is 2.47. The van der Waals surface area contributed by atoms with Crippen LogP contribution in [0.5, 0.6) is 5.88 Å². The molecule has 1 heterocycles. The van der Waals surface area contributed by atoms with E-state index < -0.39 is 5.88 Å². The van der Waals surface area contributed by atoms with Crippen LogP contribution in [0, 0.1) is 5.92 Å². The average molecular weight is 182 g/mol. The first kappa shape index (κ1) is 9.57. The van der Waals surface area contributed by atoms with E-state index in [0.717, 1.165) is 0 Å². The van der Waals surface area contributed by atoms with E-state index in [0.29, 0.717) is 12.5 Å². The van der Waals surface area contributed by atoms with Gasteiger partial charge >= 0.3 is 5.88 Å². The minimum absolute atomic E-state index is 0.0700. The van der Waals surface area contributed by atoms with Crippen LogP contribution in [0.25, 0.3) is 0 Å². The van der Waals surface area contributed by atoms with E-state index in [1.807, 2.05) is 13.8 Å². The lowest BCUT2D eigenvalue weighted by Crippen LogP contribution is -2.26. The zero-order chi connectivity index (χ0) is 9.84. The Labute approximate surface area is 76.2 Å². The summed E-state index contributed by atoms with van der Waals surface area (Å²) in [5, 5.41) is 19.2. The number of carbonyl (C=O) groups excluding carboxylic acids is 1. The number of aromatic nitrogens is 2. The van der Waals surface area contributed by atoms with Crippen molar-refractivity contribution in [2.45, 2.75) is 13.8 Å². The molecule has 0 spiro atoms. The first-order valence-electron chi connectivity index (χ1n) is 4.10. The molecular formula is C8H12N3O2. The highest BCUT2D eigenvalue weighted by atomic mass is 16.3. The molecule has 1 amide bonds. The fourth-order valence-electron chi connectivity index (χ4n) is 0.832. The Morgan fingerprint density at radius 2 is 2.38 bits per heavy atom. The van der Waals surface area contributed by atoms with E-state index in [4.69, 9.17) is 0 Å². The minimum atomic E-state index is -0.513. The van der Waals surface area contributed by atoms with E-state index in [1.165, 1.54) is 6.20 Å². The van der Waals surface area contributed by atoms with Crippen molar-refractivity contribution in [3.05, 3.63) is 11.8 Å². The summed E-state index contributed by atoms with van der Waals surface area (Å²) in [5.74, 6) is -0.514. The average Bonchev–Trinajstić information content (AvgIpc) is 2.47. The maximum atomic E-state index is 11.3. The van der Waals surface area contributed by atoms with Crippen LogP contribution in [-0.2, 0) is 5.11 Å². The molecule has 0 aliphatic carbocycles. The molecule has 2 N–H and O–H groups in total. The number of aromatic amines is 1. The largest absolute Gasteiger partial charge is 0.352 e. The quantitative estimate of drug-likeness (QED) is 0.729. The summed E-state index contributed by atoms with van der Waals surface area (Å²) in [6, 6.07) is 0. The van der Waals surface area contributed by atoms with Crippen molar-refractivity contribution >= 4 is 5.91 Å². The molecule has 0 fully saturated rings. The van der Waals surface area contributed by atoms with Crippen molar-refractivity contribution < 1.29 is 9.90 Å². The van der Waals surface area contributed by atoms with Gasteiger partial charge in [-0.3, -0.25) is 15.0 Å². The third-order valence-electron chi connectivity index (χ3n) is 1.52. The Hall–Kier alpha value is -1.52. The zero-order valence-corrected chi connectivity index (χ0v) is 7.63. The van der Waals surface area contributed by atoms with E-state index in [9.17, 15) is 9.90 Å². The summed E-state index contributed by atoms with van der Waals surface area (Å²) >= 11 is 0. The lowest BCUT2D eigenvalue weighted by Gasteiger charge is -2.05. The fraction of sp³-hybridized carbons (Fsp3) is 0.500. The van der Waals surface area contributed by atoms with Crippen LogP contribution in [0.4, 0.5) is 0 Å². The lowest BCUT2D eigenvalue weighted by molar-refractivity contribution is 0.0944. The van der Waals surface area contributed by atoms with Gasteiger partial charge in [0.1, 0.15) is 5.56 Å². The van der Waals surface area contributed by atoms with Crippen LogP contribution >= 0.6 is 0 Å². The van der Waals surface area contributed by atoms with Crippen LogP contribution in [0.1, 0.15) is 24.2 Å². The second-order valence-corrected chi connectivity index (χ2v) is 3.21. The van der Waals surface area contributed by atoms with Gasteiger partial charge in [-0.2, -0.15) is 0 Å². The Bertz CT molecular complexity index is 293. The highest BCUT2D eigenvalue weighted by Crippen LogP contribution is 2.11. The molecule has 13 heavy (non-hydrogen) atoms. The maximum absolute atomic E-state index is 11.3. The van der Waals surface area contributed by atoms with Crippen molar-refractivity contribution in [1.82, 2.24) is 15.5 Å². The maximum Gasteiger partial charge on any atom is 0.300 e. The summed E-state index contributed by atoms with van der Waals surface area (Å²) in [4.78, 5) is 11.3. The number of hydrogen-bond donors (Lipinski definition) is 2. The van der Waals surface area contributed by atoms with Crippen molar-refractivity contribution in [2.75, 3.05) is 6.54 Å². The smallest absolute Gasteiger partial charge is 0.300 e. The van der Waals surface area contributed by atoms with Crippen LogP contribution in [0.15, 0.2) is 6.20 Å². The molecule has 0 unspecified atom stereocenters. The Balaban J connectivity index is 2.54. The summed E-state index contributed by atoms with van der Waals surface area (Å²) in [7, 11) is 0. The fourth-order valence-corrected chi connectivity index (χ4v) is 0.832. The van der Waals surface area contributed by atoms with E-state index >= 15 is 0 Å². The van der Waals surface area contributed by atoms with Gasteiger partial charge in [-0.1, -0.05) is 13.8 Å². The van der Waals surface area contributed by atoms with Crippen molar-refractivity contribution in [3.63, 3.8) is 0 Å². The van der Waals surface area contributed by atoms with Gasteiger partial charge in [-0.15, -0.1) is 5.10 Å². The molecule has 1 rings (SSSR count). The van der Waals surface area contributed by atoms with Gasteiger partial charge < -0.3 is 5.32 Å². The van der Waals surface area contributed by atoms with Gasteiger partial charge in [-0.05, 0) is 5.92 Å². The normalized spacial score (nSPS) is 10.4. The van der Waals surface area contributed by atoms with Gasteiger partial charge in [0, 0.05) is 12.7 Å². The molecular weight excluding hydrogens is 170 g/mol. The number of nitrogens with one attached hydrogen (secondary N) is 2. The zero-order valence-electron chi connectivity index (χ0n) is 7.63. The molecule has 0 aromatic carbocycles. The SMILES string of the molecule is CC(C)CNC(=O)c1c[nH]nc1[O]. The number of nitrogens with zero attached hydrogens (tertiary/aromatic N) is 1. The number of H-pyrrole nitrogens is 1. The first-order valence-corrected chi connectivity index (χ1v) is 4.10. The molecule has 0 bridgehead atoms. The Morgan fingerprint density at radius 3 is 2.85 bits per heavy atom. The van der Waals surface area contributed by atoms with Crippen LogP contribution in [0.3, 0.4) is 0 Å².